The molecule has 0 heterocycles. The number of aliphatic hydroxyl groups excluding tert-OH is 1. The maximum atomic E-state index is 11.2. The third kappa shape index (κ3) is 6.38. The van der Waals surface area contributed by atoms with E-state index in [9.17, 15) is 13.5 Å². The van der Waals surface area contributed by atoms with E-state index in [0.717, 1.165) is 5.56 Å². The van der Waals surface area contributed by atoms with Gasteiger partial charge in [-0.15, -0.1) is 0 Å². The van der Waals surface area contributed by atoms with Gasteiger partial charge in [-0.1, -0.05) is 30.3 Å². The minimum absolute atomic E-state index is 0.0267. The van der Waals surface area contributed by atoms with Crippen LogP contribution in [0.3, 0.4) is 0 Å². The van der Waals surface area contributed by atoms with E-state index in [4.69, 9.17) is 0 Å². The standard InChI is InChI=1S/C15H25NO3S2/c1-13(2)16-15(11-17,14-7-5-4-6-8-14)12-20-9-10-21(3,18)19/h4-8,13,16-17H,9-12H2,1-3H3. The van der Waals surface area contributed by atoms with Crippen molar-refractivity contribution >= 4 is 21.6 Å². The van der Waals surface area contributed by atoms with Crippen LogP contribution in [0, 0.1) is 0 Å². The van der Waals surface area contributed by atoms with E-state index in [1.807, 2.05) is 44.2 Å². The molecule has 1 unspecified atom stereocenters. The molecule has 1 aromatic carbocycles. The van der Waals surface area contributed by atoms with E-state index < -0.39 is 15.4 Å². The topological polar surface area (TPSA) is 66.4 Å². The van der Waals surface area contributed by atoms with Gasteiger partial charge in [0.05, 0.1) is 17.9 Å². The summed E-state index contributed by atoms with van der Waals surface area (Å²) in [6, 6.07) is 10.0. The Morgan fingerprint density at radius 1 is 1.29 bits per heavy atom. The van der Waals surface area contributed by atoms with Crippen LogP contribution in [0.5, 0.6) is 0 Å². The molecule has 6 heteroatoms. The molecule has 0 aliphatic carbocycles. The van der Waals surface area contributed by atoms with Crippen molar-refractivity contribution in [2.24, 2.45) is 0 Å². The van der Waals surface area contributed by atoms with Crippen molar-refractivity contribution in [2.45, 2.75) is 25.4 Å². The third-order valence-electron chi connectivity index (χ3n) is 3.11. The lowest BCUT2D eigenvalue weighted by atomic mass is 9.92. The summed E-state index contributed by atoms with van der Waals surface area (Å²) in [5.74, 6) is 1.32. The van der Waals surface area contributed by atoms with Crippen molar-refractivity contribution in [3.8, 4) is 0 Å². The molecule has 0 spiro atoms. The van der Waals surface area contributed by atoms with E-state index in [-0.39, 0.29) is 18.4 Å². The summed E-state index contributed by atoms with van der Waals surface area (Å²) in [4.78, 5) is 0. The minimum Gasteiger partial charge on any atom is -0.394 e. The molecule has 21 heavy (non-hydrogen) atoms. The van der Waals surface area contributed by atoms with Gasteiger partial charge in [-0.05, 0) is 19.4 Å². The maximum Gasteiger partial charge on any atom is 0.148 e. The van der Waals surface area contributed by atoms with Crippen molar-refractivity contribution in [1.29, 1.82) is 0 Å². The van der Waals surface area contributed by atoms with Crippen molar-refractivity contribution < 1.29 is 13.5 Å². The Balaban J connectivity index is 2.82. The number of rotatable bonds is 9. The van der Waals surface area contributed by atoms with Crippen LogP contribution in [-0.4, -0.2) is 49.7 Å². The second kappa shape index (κ2) is 8.17. The molecule has 0 aliphatic heterocycles. The van der Waals surface area contributed by atoms with Crippen LogP contribution in [0.15, 0.2) is 30.3 Å². The average molecular weight is 332 g/mol. The fourth-order valence-corrected chi connectivity index (χ4v) is 4.67. The van der Waals surface area contributed by atoms with E-state index in [0.29, 0.717) is 11.5 Å². The Morgan fingerprint density at radius 3 is 2.38 bits per heavy atom. The first-order valence-electron chi connectivity index (χ1n) is 6.99. The molecule has 1 rings (SSSR count). The minimum atomic E-state index is -2.94. The summed E-state index contributed by atoms with van der Waals surface area (Å²) < 4.78 is 22.4. The predicted molar refractivity (Wildman–Crippen MR) is 90.5 cm³/mol. The molecule has 0 fully saturated rings. The van der Waals surface area contributed by atoms with Gasteiger partial charge in [0.25, 0.3) is 0 Å². The van der Waals surface area contributed by atoms with Gasteiger partial charge in [-0.2, -0.15) is 11.8 Å². The number of hydrogen-bond donors (Lipinski definition) is 2. The molecular weight excluding hydrogens is 306 g/mol. The zero-order valence-corrected chi connectivity index (χ0v) is 14.5. The first-order valence-corrected chi connectivity index (χ1v) is 10.2. The average Bonchev–Trinajstić information content (AvgIpc) is 2.42. The normalized spacial score (nSPS) is 15.1. The summed E-state index contributed by atoms with van der Waals surface area (Å²) in [6.07, 6.45) is 1.25. The van der Waals surface area contributed by atoms with E-state index in [1.54, 1.807) is 11.8 Å². The highest BCUT2D eigenvalue weighted by Crippen LogP contribution is 2.26. The summed E-state index contributed by atoms with van der Waals surface area (Å²) in [5, 5.41) is 13.4. The molecule has 2 N–H and O–H groups in total. The third-order valence-corrected chi connectivity index (χ3v) is 5.50. The molecule has 0 bridgehead atoms. The number of sulfone groups is 1. The van der Waals surface area contributed by atoms with Gasteiger partial charge in [-0.25, -0.2) is 8.42 Å². The molecule has 0 aromatic heterocycles. The lowest BCUT2D eigenvalue weighted by molar-refractivity contribution is 0.170. The quantitative estimate of drug-likeness (QED) is 0.674. The Bertz CT molecular complexity index is 517. The van der Waals surface area contributed by atoms with Crippen molar-refractivity contribution in [1.82, 2.24) is 5.32 Å². The zero-order valence-electron chi connectivity index (χ0n) is 12.9. The molecule has 4 nitrogen and oxygen atoms in total. The molecule has 1 aromatic rings. The zero-order chi connectivity index (χ0) is 15.9. The first kappa shape index (κ1) is 18.5. The van der Waals surface area contributed by atoms with Crippen LogP contribution in [0.2, 0.25) is 0 Å². The van der Waals surface area contributed by atoms with Crippen LogP contribution < -0.4 is 5.32 Å². The van der Waals surface area contributed by atoms with Gasteiger partial charge in [0.2, 0.25) is 0 Å². The SMILES string of the molecule is CC(C)NC(CO)(CSCCS(C)(=O)=O)c1ccccc1. The van der Waals surface area contributed by atoms with Crippen LogP contribution in [0.1, 0.15) is 19.4 Å². The smallest absolute Gasteiger partial charge is 0.148 e. The van der Waals surface area contributed by atoms with Crippen LogP contribution in [0.25, 0.3) is 0 Å². The van der Waals surface area contributed by atoms with E-state index >= 15 is 0 Å². The van der Waals surface area contributed by atoms with Gasteiger partial charge in [0, 0.05) is 23.8 Å². The van der Waals surface area contributed by atoms with Gasteiger partial charge in [0.15, 0.2) is 0 Å². The molecule has 0 saturated heterocycles. The highest BCUT2D eigenvalue weighted by atomic mass is 32.2. The summed E-state index contributed by atoms with van der Waals surface area (Å²) in [6.45, 7) is 4.05. The Labute approximate surface area is 132 Å². The van der Waals surface area contributed by atoms with Crippen LogP contribution in [0.4, 0.5) is 0 Å². The van der Waals surface area contributed by atoms with Crippen LogP contribution in [-0.2, 0) is 15.4 Å². The highest BCUT2D eigenvalue weighted by Gasteiger charge is 2.31. The molecule has 1 atom stereocenters. The molecule has 0 amide bonds. The molecular formula is C15H25NO3S2. The number of aliphatic hydroxyl groups is 1. The van der Waals surface area contributed by atoms with Crippen molar-refractivity contribution in [3.05, 3.63) is 35.9 Å². The fourth-order valence-electron chi connectivity index (χ4n) is 2.16. The van der Waals surface area contributed by atoms with Gasteiger partial charge < -0.3 is 10.4 Å². The summed E-state index contributed by atoms with van der Waals surface area (Å²) >= 11 is 1.55. The summed E-state index contributed by atoms with van der Waals surface area (Å²) in [7, 11) is -2.94. The lowest BCUT2D eigenvalue weighted by Crippen LogP contribution is -2.51. The lowest BCUT2D eigenvalue weighted by Gasteiger charge is -2.35. The Kier molecular flexibility index (Phi) is 7.20. The van der Waals surface area contributed by atoms with Gasteiger partial charge in [-0.3, -0.25) is 0 Å². The molecule has 0 aliphatic rings. The first-order chi connectivity index (χ1) is 9.79. The van der Waals surface area contributed by atoms with E-state index in [1.165, 1.54) is 6.26 Å². The van der Waals surface area contributed by atoms with Crippen molar-refractivity contribution in [3.63, 3.8) is 0 Å². The molecule has 120 valence electrons. The van der Waals surface area contributed by atoms with Crippen molar-refractivity contribution in [2.75, 3.05) is 30.1 Å². The van der Waals surface area contributed by atoms with Gasteiger partial charge >= 0.3 is 0 Å². The summed E-state index contributed by atoms with van der Waals surface area (Å²) in [5.41, 5.74) is 0.477. The monoisotopic (exact) mass is 331 g/mol. The number of benzene rings is 1. The fraction of sp³-hybridized carbons (Fsp3) is 0.600. The predicted octanol–water partition coefficient (Wildman–Crippen LogP) is 1.65. The second-order valence-corrected chi connectivity index (χ2v) is 8.95. The van der Waals surface area contributed by atoms with Crippen LogP contribution >= 0.6 is 11.8 Å². The second-order valence-electron chi connectivity index (χ2n) is 5.59. The number of hydrogen-bond acceptors (Lipinski definition) is 5. The molecule has 0 radical (unpaired) electrons. The highest BCUT2D eigenvalue weighted by molar-refractivity contribution is 8.00. The maximum absolute atomic E-state index is 11.2. The van der Waals surface area contributed by atoms with E-state index in [2.05, 4.69) is 5.32 Å². The number of nitrogens with one attached hydrogen (secondary N) is 1. The Hall–Kier alpha value is -0.560. The molecule has 0 saturated carbocycles. The number of thioether (sulfide) groups is 1. The Morgan fingerprint density at radius 2 is 1.90 bits per heavy atom. The largest absolute Gasteiger partial charge is 0.394 e. The van der Waals surface area contributed by atoms with Gasteiger partial charge in [0.1, 0.15) is 9.84 Å².